The Bertz CT molecular complexity index is 721. The first-order valence-electron chi connectivity index (χ1n) is 8.98. The zero-order chi connectivity index (χ0) is 15.2. The van der Waals surface area contributed by atoms with Gasteiger partial charge in [-0.15, -0.1) is 0 Å². The second-order valence-electron chi connectivity index (χ2n) is 7.25. The van der Waals surface area contributed by atoms with Crippen molar-refractivity contribution in [1.82, 2.24) is 20.3 Å². The minimum atomic E-state index is 0.636. The predicted octanol–water partition coefficient (Wildman–Crippen LogP) is 2.48. The lowest BCUT2D eigenvalue weighted by Crippen LogP contribution is -2.44. The first-order valence-corrected chi connectivity index (χ1v) is 8.98. The van der Waals surface area contributed by atoms with Crippen LogP contribution in [0.2, 0.25) is 0 Å². The van der Waals surface area contributed by atoms with Crippen molar-refractivity contribution < 1.29 is 0 Å². The summed E-state index contributed by atoms with van der Waals surface area (Å²) < 4.78 is 0. The zero-order valence-corrected chi connectivity index (χ0v) is 13.4. The number of anilines is 1. The van der Waals surface area contributed by atoms with Gasteiger partial charge in [0.05, 0.1) is 11.7 Å². The fraction of sp³-hybridized carbons (Fsp3) is 0.611. The van der Waals surface area contributed by atoms with E-state index in [-0.39, 0.29) is 0 Å². The number of nitrogens with one attached hydrogen (secondary N) is 1. The number of hydrogen-bond donors (Lipinski definition) is 1. The molecule has 0 spiro atoms. The fourth-order valence-electron chi connectivity index (χ4n) is 4.61. The third-order valence-corrected chi connectivity index (χ3v) is 6.08. The molecule has 0 amide bonds. The van der Waals surface area contributed by atoms with E-state index in [4.69, 9.17) is 4.98 Å². The third kappa shape index (κ3) is 2.13. The van der Waals surface area contributed by atoms with Gasteiger partial charge in [-0.1, -0.05) is 6.42 Å². The summed E-state index contributed by atoms with van der Waals surface area (Å²) in [5.41, 5.74) is 2.39. The fourth-order valence-corrected chi connectivity index (χ4v) is 4.61. The first kappa shape index (κ1) is 13.7. The molecule has 2 aliphatic heterocycles. The lowest BCUT2D eigenvalue weighted by atomic mass is 9.79. The van der Waals surface area contributed by atoms with Gasteiger partial charge in [-0.3, -0.25) is 4.98 Å². The van der Waals surface area contributed by atoms with Gasteiger partial charge in [0, 0.05) is 24.2 Å². The molecule has 2 unspecified atom stereocenters. The Morgan fingerprint density at radius 3 is 2.91 bits per heavy atom. The van der Waals surface area contributed by atoms with E-state index in [0.717, 1.165) is 36.9 Å². The van der Waals surface area contributed by atoms with Crippen LogP contribution in [-0.2, 0) is 0 Å². The van der Waals surface area contributed by atoms with Gasteiger partial charge >= 0.3 is 0 Å². The van der Waals surface area contributed by atoms with Gasteiger partial charge in [0.15, 0.2) is 0 Å². The molecule has 2 aromatic heterocycles. The molecule has 3 aliphatic rings. The lowest BCUT2D eigenvalue weighted by molar-refractivity contribution is 0.360. The summed E-state index contributed by atoms with van der Waals surface area (Å²) in [5.74, 6) is 2.58. The molecule has 23 heavy (non-hydrogen) atoms. The molecule has 120 valence electrons. The highest BCUT2D eigenvalue weighted by Crippen LogP contribution is 2.42. The van der Waals surface area contributed by atoms with Crippen LogP contribution in [0.4, 0.5) is 5.82 Å². The third-order valence-electron chi connectivity index (χ3n) is 6.08. The molecule has 0 aromatic carbocycles. The molecule has 2 atom stereocenters. The predicted molar refractivity (Wildman–Crippen MR) is 90.7 cm³/mol. The lowest BCUT2D eigenvalue weighted by Gasteiger charge is -2.34. The van der Waals surface area contributed by atoms with Crippen molar-refractivity contribution in [3.8, 4) is 0 Å². The van der Waals surface area contributed by atoms with Gasteiger partial charge in [0.1, 0.15) is 12.1 Å². The van der Waals surface area contributed by atoms with Crippen LogP contribution >= 0.6 is 0 Å². The van der Waals surface area contributed by atoms with Crippen molar-refractivity contribution >= 4 is 16.7 Å². The van der Waals surface area contributed by atoms with Gasteiger partial charge in [-0.05, 0) is 56.2 Å². The summed E-state index contributed by atoms with van der Waals surface area (Å²) in [6.07, 6.45) is 12.1. The van der Waals surface area contributed by atoms with Crippen LogP contribution in [0.5, 0.6) is 0 Å². The topological polar surface area (TPSA) is 53.9 Å². The largest absolute Gasteiger partial charge is 0.353 e. The Morgan fingerprint density at radius 1 is 1.09 bits per heavy atom. The van der Waals surface area contributed by atoms with E-state index in [9.17, 15) is 0 Å². The van der Waals surface area contributed by atoms with Gasteiger partial charge in [0.25, 0.3) is 0 Å². The zero-order valence-electron chi connectivity index (χ0n) is 13.4. The van der Waals surface area contributed by atoms with E-state index < -0.39 is 0 Å². The molecule has 5 nitrogen and oxygen atoms in total. The Balaban J connectivity index is 1.63. The Kier molecular flexibility index (Phi) is 3.21. The number of rotatable bonds is 2. The Hall–Kier alpha value is -1.75. The van der Waals surface area contributed by atoms with Crippen LogP contribution in [0.25, 0.3) is 10.9 Å². The van der Waals surface area contributed by atoms with E-state index in [2.05, 4.69) is 26.4 Å². The van der Waals surface area contributed by atoms with Crippen LogP contribution in [-0.4, -0.2) is 40.6 Å². The molecular formula is C18H23N5. The standard InChI is InChI=1S/C18H23N5/c1-2-12(3-1)14-9-20-10-15-17(14)18(22-11-21-15)23-7-5-13-8-19-6-4-16(13)23/h9-13,16,19H,1-8H2. The van der Waals surface area contributed by atoms with E-state index >= 15 is 0 Å². The van der Waals surface area contributed by atoms with E-state index in [1.54, 1.807) is 6.33 Å². The number of nitrogens with zero attached hydrogens (tertiary/aromatic N) is 4. The summed E-state index contributed by atoms with van der Waals surface area (Å²) in [5, 5.41) is 4.81. The summed E-state index contributed by atoms with van der Waals surface area (Å²) in [6.45, 7) is 3.40. The van der Waals surface area contributed by atoms with Crippen molar-refractivity contribution in [1.29, 1.82) is 0 Å². The highest BCUT2D eigenvalue weighted by Gasteiger charge is 2.37. The van der Waals surface area contributed by atoms with Crippen LogP contribution < -0.4 is 10.2 Å². The summed E-state index contributed by atoms with van der Waals surface area (Å²) in [6, 6.07) is 0.636. The van der Waals surface area contributed by atoms with Crippen molar-refractivity contribution in [3.05, 3.63) is 24.3 Å². The van der Waals surface area contributed by atoms with Crippen LogP contribution in [0.3, 0.4) is 0 Å². The molecule has 4 heterocycles. The monoisotopic (exact) mass is 309 g/mol. The molecule has 2 aromatic rings. The molecule has 1 saturated carbocycles. The quantitative estimate of drug-likeness (QED) is 0.923. The molecule has 1 N–H and O–H groups in total. The smallest absolute Gasteiger partial charge is 0.140 e. The van der Waals surface area contributed by atoms with Crippen molar-refractivity contribution in [2.24, 2.45) is 5.92 Å². The average Bonchev–Trinajstić information content (AvgIpc) is 2.97. The first-order chi connectivity index (χ1) is 11.4. The normalized spacial score (nSPS) is 27.9. The highest BCUT2D eigenvalue weighted by atomic mass is 15.3. The molecule has 5 rings (SSSR count). The van der Waals surface area contributed by atoms with E-state index in [1.807, 2.05) is 6.20 Å². The van der Waals surface area contributed by atoms with Crippen molar-refractivity contribution in [2.45, 2.75) is 44.1 Å². The Morgan fingerprint density at radius 2 is 2.04 bits per heavy atom. The van der Waals surface area contributed by atoms with Gasteiger partial charge in [0.2, 0.25) is 0 Å². The maximum Gasteiger partial charge on any atom is 0.140 e. The number of fused-ring (bicyclic) bond motifs is 2. The maximum absolute atomic E-state index is 4.75. The van der Waals surface area contributed by atoms with Gasteiger partial charge < -0.3 is 10.2 Å². The second kappa shape index (κ2) is 5.41. The SMILES string of the molecule is c1nc(N2CCC3CNCCC32)c2c(C3CCC3)cncc2n1. The molecule has 5 heteroatoms. The van der Waals surface area contributed by atoms with Crippen LogP contribution in [0.1, 0.15) is 43.6 Å². The average molecular weight is 309 g/mol. The maximum atomic E-state index is 4.75. The highest BCUT2D eigenvalue weighted by molar-refractivity contribution is 5.92. The Labute approximate surface area is 136 Å². The summed E-state index contributed by atoms with van der Waals surface area (Å²) in [4.78, 5) is 16.3. The van der Waals surface area contributed by atoms with Crippen molar-refractivity contribution in [2.75, 3.05) is 24.5 Å². The minimum Gasteiger partial charge on any atom is -0.353 e. The number of piperidine rings is 1. The van der Waals surface area contributed by atoms with Gasteiger partial charge in [-0.2, -0.15) is 0 Å². The molecule has 1 aliphatic carbocycles. The number of aromatic nitrogens is 3. The van der Waals surface area contributed by atoms with Crippen LogP contribution in [0, 0.1) is 5.92 Å². The van der Waals surface area contributed by atoms with E-state index in [1.165, 1.54) is 43.1 Å². The number of hydrogen-bond acceptors (Lipinski definition) is 5. The molecule has 0 radical (unpaired) electrons. The van der Waals surface area contributed by atoms with Gasteiger partial charge in [-0.25, -0.2) is 9.97 Å². The number of pyridine rings is 1. The molecular weight excluding hydrogens is 286 g/mol. The van der Waals surface area contributed by atoms with Crippen LogP contribution in [0.15, 0.2) is 18.7 Å². The molecule has 3 fully saturated rings. The summed E-state index contributed by atoms with van der Waals surface area (Å²) >= 11 is 0. The van der Waals surface area contributed by atoms with E-state index in [0.29, 0.717) is 12.0 Å². The summed E-state index contributed by atoms with van der Waals surface area (Å²) in [7, 11) is 0. The molecule has 2 saturated heterocycles. The molecule has 0 bridgehead atoms. The van der Waals surface area contributed by atoms with Crippen molar-refractivity contribution in [3.63, 3.8) is 0 Å². The second-order valence-corrected chi connectivity index (χ2v) is 7.25. The minimum absolute atomic E-state index is 0.636.